The Kier molecular flexibility index (Phi) is 3.65. The molecule has 1 unspecified atom stereocenters. The van der Waals surface area contributed by atoms with E-state index in [-0.39, 0.29) is 6.04 Å². The van der Waals surface area contributed by atoms with Crippen molar-refractivity contribution in [3.8, 4) is 0 Å². The Hall–Kier alpha value is -1.21. The Morgan fingerprint density at radius 1 is 1.37 bits per heavy atom. The van der Waals surface area contributed by atoms with Gasteiger partial charge in [-0.2, -0.15) is 0 Å². The summed E-state index contributed by atoms with van der Waals surface area (Å²) in [5.74, 6) is 0.987. The number of halogens is 1. The fourth-order valence-corrected chi connectivity index (χ4v) is 3.29. The summed E-state index contributed by atoms with van der Waals surface area (Å²) in [5.41, 5.74) is 8.73. The lowest BCUT2D eigenvalue weighted by atomic mass is 9.92. The van der Waals surface area contributed by atoms with Crippen LogP contribution >= 0.6 is 22.6 Å². The minimum Gasteiger partial charge on any atom is -0.347 e. The van der Waals surface area contributed by atoms with Gasteiger partial charge in [-0.05, 0) is 40.1 Å². The van der Waals surface area contributed by atoms with Gasteiger partial charge in [0.25, 0.3) is 0 Å². The molecule has 2 heterocycles. The molecule has 2 N–H and O–H groups in total. The highest BCUT2D eigenvalue weighted by atomic mass is 127. The molecule has 0 bridgehead atoms. The van der Waals surface area contributed by atoms with E-state index in [1.165, 1.54) is 11.1 Å². The lowest BCUT2D eigenvalue weighted by molar-refractivity contribution is 0.582. The highest BCUT2D eigenvalue weighted by Crippen LogP contribution is 2.33. The van der Waals surface area contributed by atoms with Crippen LogP contribution in [0.15, 0.2) is 36.8 Å². The summed E-state index contributed by atoms with van der Waals surface area (Å²) in [4.78, 5) is 10.8. The van der Waals surface area contributed by atoms with Crippen molar-refractivity contribution in [2.24, 2.45) is 5.73 Å². The van der Waals surface area contributed by atoms with Gasteiger partial charge in [-0.25, -0.2) is 9.97 Å². The third-order valence-corrected chi connectivity index (χ3v) is 4.32. The Balaban J connectivity index is 2.03. The number of anilines is 1. The van der Waals surface area contributed by atoms with E-state index in [1.54, 1.807) is 6.33 Å². The van der Waals surface area contributed by atoms with Crippen LogP contribution in [0.1, 0.15) is 17.2 Å². The first-order valence-corrected chi connectivity index (χ1v) is 7.39. The molecule has 98 valence electrons. The molecule has 1 aliphatic rings. The largest absolute Gasteiger partial charge is 0.347 e. The number of benzene rings is 1. The van der Waals surface area contributed by atoms with Crippen LogP contribution in [0.4, 0.5) is 5.82 Å². The average Bonchev–Trinajstić information content (AvgIpc) is 2.46. The zero-order valence-corrected chi connectivity index (χ0v) is 12.6. The Morgan fingerprint density at radius 3 is 3.00 bits per heavy atom. The minimum absolute atomic E-state index is 0.202. The molecule has 19 heavy (non-hydrogen) atoms. The van der Waals surface area contributed by atoms with Gasteiger partial charge in [0.2, 0.25) is 0 Å². The molecule has 1 aliphatic heterocycles. The van der Waals surface area contributed by atoms with Crippen molar-refractivity contribution < 1.29 is 0 Å². The standard InChI is InChI=1S/C14H15IN4/c15-12-8-17-9-18-14(12)19-6-5-10-3-1-2-4-11(10)13(19)7-16/h1-4,8-9,13H,5-7,16H2. The fourth-order valence-electron chi connectivity index (χ4n) is 2.68. The van der Waals surface area contributed by atoms with Gasteiger partial charge in [-0.3, -0.25) is 0 Å². The molecule has 0 spiro atoms. The van der Waals surface area contributed by atoms with E-state index in [0.717, 1.165) is 22.4 Å². The van der Waals surface area contributed by atoms with Crippen LogP contribution in [0.25, 0.3) is 0 Å². The maximum absolute atomic E-state index is 6.01. The molecule has 1 aromatic heterocycles. The molecule has 5 heteroatoms. The molecule has 0 saturated carbocycles. The molecule has 0 aliphatic carbocycles. The summed E-state index contributed by atoms with van der Waals surface area (Å²) < 4.78 is 1.07. The van der Waals surface area contributed by atoms with E-state index < -0.39 is 0 Å². The van der Waals surface area contributed by atoms with Gasteiger partial charge in [0.05, 0.1) is 9.61 Å². The van der Waals surface area contributed by atoms with Gasteiger partial charge in [-0.1, -0.05) is 24.3 Å². The zero-order valence-electron chi connectivity index (χ0n) is 10.5. The van der Waals surface area contributed by atoms with Crippen molar-refractivity contribution in [2.45, 2.75) is 12.5 Å². The first kappa shape index (κ1) is 12.8. The van der Waals surface area contributed by atoms with Crippen molar-refractivity contribution in [3.63, 3.8) is 0 Å². The highest BCUT2D eigenvalue weighted by Gasteiger charge is 2.28. The number of fused-ring (bicyclic) bond motifs is 1. The molecule has 2 aromatic rings. The lowest BCUT2D eigenvalue weighted by Gasteiger charge is -2.37. The summed E-state index contributed by atoms with van der Waals surface area (Å²) in [6.07, 6.45) is 4.48. The van der Waals surface area contributed by atoms with Gasteiger partial charge in [-0.15, -0.1) is 0 Å². The zero-order chi connectivity index (χ0) is 13.2. The molecule has 1 aromatic carbocycles. The van der Waals surface area contributed by atoms with Crippen molar-refractivity contribution in [2.75, 3.05) is 18.0 Å². The molecule has 4 nitrogen and oxygen atoms in total. The molecular formula is C14H15IN4. The Labute approximate surface area is 126 Å². The molecule has 0 saturated heterocycles. The molecular weight excluding hydrogens is 351 g/mol. The Morgan fingerprint density at radius 2 is 2.21 bits per heavy atom. The highest BCUT2D eigenvalue weighted by molar-refractivity contribution is 14.1. The second-order valence-electron chi connectivity index (χ2n) is 4.59. The summed E-state index contributed by atoms with van der Waals surface area (Å²) in [5, 5.41) is 0. The molecule has 0 fully saturated rings. The van der Waals surface area contributed by atoms with Gasteiger partial charge in [0.1, 0.15) is 12.1 Å². The number of aromatic nitrogens is 2. The quantitative estimate of drug-likeness (QED) is 0.828. The van der Waals surface area contributed by atoms with Crippen LogP contribution in [0.5, 0.6) is 0 Å². The lowest BCUT2D eigenvalue weighted by Crippen LogP contribution is -2.40. The van der Waals surface area contributed by atoms with Crippen LogP contribution < -0.4 is 10.6 Å². The van der Waals surface area contributed by atoms with E-state index >= 15 is 0 Å². The Bertz CT molecular complexity index is 587. The van der Waals surface area contributed by atoms with Gasteiger partial charge in [0, 0.05) is 19.3 Å². The molecule has 1 atom stereocenters. The molecule has 3 rings (SSSR count). The van der Waals surface area contributed by atoms with E-state index in [4.69, 9.17) is 5.73 Å². The molecule has 0 radical (unpaired) electrons. The second-order valence-corrected chi connectivity index (χ2v) is 5.75. The smallest absolute Gasteiger partial charge is 0.146 e. The third kappa shape index (κ3) is 2.32. The van der Waals surface area contributed by atoms with Gasteiger partial charge < -0.3 is 10.6 Å². The second kappa shape index (κ2) is 5.42. The van der Waals surface area contributed by atoms with Crippen LogP contribution in [-0.2, 0) is 6.42 Å². The maximum atomic E-state index is 6.01. The normalized spacial score (nSPS) is 18.2. The van der Waals surface area contributed by atoms with Gasteiger partial charge in [0.15, 0.2) is 0 Å². The first-order chi connectivity index (χ1) is 9.31. The summed E-state index contributed by atoms with van der Waals surface area (Å²) >= 11 is 2.28. The first-order valence-electron chi connectivity index (χ1n) is 6.31. The van der Waals surface area contributed by atoms with Crippen LogP contribution in [-0.4, -0.2) is 23.1 Å². The minimum atomic E-state index is 0.202. The number of nitrogens with zero attached hydrogens (tertiary/aromatic N) is 3. The summed E-state index contributed by atoms with van der Waals surface area (Å²) in [7, 11) is 0. The topological polar surface area (TPSA) is 55.0 Å². The molecule has 0 amide bonds. The fraction of sp³-hybridized carbons (Fsp3) is 0.286. The number of hydrogen-bond donors (Lipinski definition) is 1. The SMILES string of the molecule is NCC1c2ccccc2CCN1c1ncncc1I. The van der Waals surface area contributed by atoms with Crippen LogP contribution in [0, 0.1) is 3.57 Å². The predicted molar refractivity (Wildman–Crippen MR) is 84.0 cm³/mol. The van der Waals surface area contributed by atoms with Gasteiger partial charge >= 0.3 is 0 Å². The van der Waals surface area contributed by atoms with E-state index in [1.807, 2.05) is 6.20 Å². The summed E-state index contributed by atoms with van der Waals surface area (Å²) in [6, 6.07) is 8.74. The van der Waals surface area contributed by atoms with Crippen molar-refractivity contribution in [3.05, 3.63) is 51.5 Å². The van der Waals surface area contributed by atoms with Crippen molar-refractivity contribution >= 4 is 28.4 Å². The van der Waals surface area contributed by atoms with Crippen LogP contribution in [0.2, 0.25) is 0 Å². The third-order valence-electron chi connectivity index (χ3n) is 3.56. The van der Waals surface area contributed by atoms with Crippen molar-refractivity contribution in [1.29, 1.82) is 0 Å². The van der Waals surface area contributed by atoms with E-state index in [9.17, 15) is 0 Å². The van der Waals surface area contributed by atoms with Crippen LogP contribution in [0.3, 0.4) is 0 Å². The number of hydrogen-bond acceptors (Lipinski definition) is 4. The van der Waals surface area contributed by atoms with E-state index in [0.29, 0.717) is 6.54 Å². The predicted octanol–water partition coefficient (Wildman–Crippen LogP) is 2.14. The maximum Gasteiger partial charge on any atom is 0.146 e. The van der Waals surface area contributed by atoms with E-state index in [2.05, 4.69) is 61.7 Å². The average molecular weight is 366 g/mol. The number of rotatable bonds is 2. The number of nitrogens with two attached hydrogens (primary N) is 1. The van der Waals surface area contributed by atoms with Crippen molar-refractivity contribution in [1.82, 2.24) is 9.97 Å². The monoisotopic (exact) mass is 366 g/mol. The summed E-state index contributed by atoms with van der Waals surface area (Å²) in [6.45, 7) is 1.54.